The van der Waals surface area contributed by atoms with Crippen LogP contribution in [0.15, 0.2) is 48.5 Å². The Bertz CT molecular complexity index is 642. The predicted molar refractivity (Wildman–Crippen MR) is 73.2 cm³/mol. The zero-order valence-electron chi connectivity index (χ0n) is 10.6. The third kappa shape index (κ3) is 4.71. The van der Waals surface area contributed by atoms with Crippen LogP contribution in [0.5, 0.6) is 5.75 Å². The summed E-state index contributed by atoms with van der Waals surface area (Å²) >= 11 is 0. The van der Waals surface area contributed by atoms with E-state index in [9.17, 15) is 25.0 Å². The maximum Gasteiger partial charge on any atom is 0.276 e. The molecule has 0 aromatic heterocycles. The minimum atomic E-state index is -0.674. The van der Waals surface area contributed by atoms with Gasteiger partial charge in [-0.1, -0.05) is 12.1 Å². The number of nitro groups is 2. The van der Waals surface area contributed by atoms with Crippen LogP contribution in [0.3, 0.4) is 0 Å². The normalized spacial score (nSPS) is 9.14. The summed E-state index contributed by atoms with van der Waals surface area (Å²) in [4.78, 5) is 29.0. The number of rotatable bonds is 3. The van der Waals surface area contributed by atoms with Gasteiger partial charge in [-0.3, -0.25) is 25.0 Å². The van der Waals surface area contributed by atoms with Crippen LogP contribution in [-0.2, 0) is 0 Å². The van der Waals surface area contributed by atoms with Crippen LogP contribution in [0, 0.1) is 20.2 Å². The molecule has 2 aromatic rings. The number of carbonyl (C=O) groups excluding carboxylic acids is 1. The number of nitro benzene ring substituents is 2. The maximum absolute atomic E-state index is 10.2. The zero-order valence-corrected chi connectivity index (χ0v) is 10.6. The summed E-state index contributed by atoms with van der Waals surface area (Å²) in [5.41, 5.74) is -0.217. The molecular weight excluding hydrogens is 280 g/mol. The van der Waals surface area contributed by atoms with E-state index in [0.717, 1.165) is 6.07 Å². The number of para-hydroxylation sites is 1. The second-order valence-corrected chi connectivity index (χ2v) is 3.71. The molecule has 0 radical (unpaired) electrons. The first-order valence-corrected chi connectivity index (χ1v) is 5.57. The largest absolute Gasteiger partial charge is 0.507 e. The SMILES string of the molecule is O=Cc1ccccc1O.O=[N+]([O-])c1cccc([N+](=O)[O-])c1. The van der Waals surface area contributed by atoms with E-state index in [2.05, 4.69) is 0 Å². The molecule has 0 heterocycles. The van der Waals surface area contributed by atoms with Crippen molar-refractivity contribution in [3.63, 3.8) is 0 Å². The molecule has 0 fully saturated rings. The van der Waals surface area contributed by atoms with Gasteiger partial charge in [0.15, 0.2) is 6.29 Å². The van der Waals surface area contributed by atoms with Crippen molar-refractivity contribution in [2.75, 3.05) is 0 Å². The highest BCUT2D eigenvalue weighted by Gasteiger charge is 2.11. The van der Waals surface area contributed by atoms with Gasteiger partial charge in [-0.2, -0.15) is 0 Å². The Morgan fingerprint density at radius 3 is 1.81 bits per heavy atom. The molecule has 2 aromatic carbocycles. The standard InChI is InChI=1S/C7H6O2.C6H4N2O4/c8-5-6-3-1-2-4-7(6)9;9-7(10)5-2-1-3-6(4-5)8(11)12/h1-5,9H;1-4H. The number of aldehydes is 1. The Morgan fingerprint density at radius 2 is 1.43 bits per heavy atom. The van der Waals surface area contributed by atoms with Gasteiger partial charge in [-0.15, -0.1) is 0 Å². The van der Waals surface area contributed by atoms with Crippen molar-refractivity contribution in [2.45, 2.75) is 0 Å². The van der Waals surface area contributed by atoms with Crippen molar-refractivity contribution in [3.8, 4) is 5.75 Å². The minimum Gasteiger partial charge on any atom is -0.507 e. The van der Waals surface area contributed by atoms with Crippen LogP contribution in [-0.4, -0.2) is 21.2 Å². The predicted octanol–water partition coefficient (Wildman–Crippen LogP) is 2.71. The number of phenols is 1. The Morgan fingerprint density at radius 1 is 0.905 bits per heavy atom. The third-order valence-electron chi connectivity index (χ3n) is 2.32. The number of benzene rings is 2. The average Bonchev–Trinajstić information content (AvgIpc) is 2.48. The summed E-state index contributed by atoms with van der Waals surface area (Å²) in [6.45, 7) is 0. The second kappa shape index (κ2) is 7.34. The van der Waals surface area contributed by atoms with Gasteiger partial charge in [-0.25, -0.2) is 0 Å². The molecule has 0 atom stereocenters. The molecule has 1 N–H and O–H groups in total. The molecule has 0 spiro atoms. The summed E-state index contributed by atoms with van der Waals surface area (Å²) in [5.74, 6) is 0.0347. The number of nitrogens with zero attached hydrogens (tertiary/aromatic N) is 2. The van der Waals surface area contributed by atoms with Crippen LogP contribution in [0.25, 0.3) is 0 Å². The third-order valence-corrected chi connectivity index (χ3v) is 2.32. The molecular formula is C13H10N2O6. The second-order valence-electron chi connectivity index (χ2n) is 3.71. The quantitative estimate of drug-likeness (QED) is 0.526. The maximum atomic E-state index is 10.2. The van der Waals surface area contributed by atoms with E-state index in [4.69, 9.17) is 5.11 Å². The van der Waals surface area contributed by atoms with Crippen molar-refractivity contribution < 1.29 is 19.7 Å². The fourth-order valence-electron chi connectivity index (χ4n) is 1.31. The topological polar surface area (TPSA) is 124 Å². The summed E-state index contributed by atoms with van der Waals surface area (Å²) in [7, 11) is 0. The molecule has 8 nitrogen and oxygen atoms in total. The Hall–Kier alpha value is -3.29. The van der Waals surface area contributed by atoms with Crippen LogP contribution in [0.4, 0.5) is 11.4 Å². The summed E-state index contributed by atoms with van der Waals surface area (Å²) in [6, 6.07) is 11.0. The molecule has 0 saturated heterocycles. The summed E-state index contributed by atoms with van der Waals surface area (Å²) < 4.78 is 0. The van der Waals surface area contributed by atoms with Crippen molar-refractivity contribution in [3.05, 3.63) is 74.3 Å². The molecule has 2 rings (SSSR count). The van der Waals surface area contributed by atoms with Crippen molar-refractivity contribution in [2.24, 2.45) is 0 Å². The number of hydrogen-bond acceptors (Lipinski definition) is 6. The lowest BCUT2D eigenvalue weighted by atomic mass is 10.2. The molecule has 0 aliphatic carbocycles. The number of carbonyl (C=O) groups is 1. The van der Waals surface area contributed by atoms with E-state index in [0.29, 0.717) is 11.8 Å². The molecule has 8 heteroatoms. The molecule has 0 unspecified atom stereocenters. The highest BCUT2D eigenvalue weighted by Crippen LogP contribution is 2.18. The van der Waals surface area contributed by atoms with E-state index in [1.807, 2.05) is 0 Å². The molecule has 0 aliphatic heterocycles. The molecule has 0 amide bonds. The Kier molecular flexibility index (Phi) is 5.51. The van der Waals surface area contributed by atoms with Gasteiger partial charge in [0.2, 0.25) is 0 Å². The van der Waals surface area contributed by atoms with Gasteiger partial charge >= 0.3 is 0 Å². The Balaban J connectivity index is 0.000000219. The number of hydrogen-bond donors (Lipinski definition) is 1. The smallest absolute Gasteiger partial charge is 0.276 e. The van der Waals surface area contributed by atoms with Crippen LogP contribution >= 0.6 is 0 Å². The highest BCUT2D eigenvalue weighted by molar-refractivity contribution is 5.78. The molecule has 0 saturated carbocycles. The van der Waals surface area contributed by atoms with Crippen molar-refractivity contribution >= 4 is 17.7 Å². The van der Waals surface area contributed by atoms with E-state index in [-0.39, 0.29) is 17.1 Å². The van der Waals surface area contributed by atoms with Crippen LogP contribution in [0.1, 0.15) is 10.4 Å². The van der Waals surface area contributed by atoms with Crippen LogP contribution in [0.2, 0.25) is 0 Å². The first kappa shape index (κ1) is 15.8. The van der Waals surface area contributed by atoms with Gasteiger partial charge in [0, 0.05) is 12.1 Å². The summed E-state index contributed by atoms with van der Waals surface area (Å²) in [6.07, 6.45) is 0.620. The van der Waals surface area contributed by atoms with E-state index in [1.54, 1.807) is 18.2 Å². The molecule has 0 aliphatic rings. The number of non-ortho nitro benzene ring substituents is 2. The van der Waals surface area contributed by atoms with Gasteiger partial charge in [0.1, 0.15) is 5.75 Å². The van der Waals surface area contributed by atoms with Crippen molar-refractivity contribution in [1.29, 1.82) is 0 Å². The van der Waals surface area contributed by atoms with Gasteiger partial charge < -0.3 is 5.11 Å². The minimum absolute atomic E-state index is 0.0347. The molecule has 0 bridgehead atoms. The first-order chi connectivity index (χ1) is 9.95. The number of aromatic hydroxyl groups is 1. The van der Waals surface area contributed by atoms with E-state index in [1.165, 1.54) is 24.3 Å². The lowest BCUT2D eigenvalue weighted by Crippen LogP contribution is -1.91. The molecule has 108 valence electrons. The van der Waals surface area contributed by atoms with Crippen LogP contribution < -0.4 is 0 Å². The lowest BCUT2D eigenvalue weighted by Gasteiger charge is -1.91. The van der Waals surface area contributed by atoms with Crippen molar-refractivity contribution in [1.82, 2.24) is 0 Å². The fraction of sp³-hybridized carbons (Fsp3) is 0. The first-order valence-electron chi connectivity index (χ1n) is 5.57. The van der Waals surface area contributed by atoms with Gasteiger partial charge in [-0.05, 0) is 18.2 Å². The van der Waals surface area contributed by atoms with E-state index >= 15 is 0 Å². The average molecular weight is 290 g/mol. The lowest BCUT2D eigenvalue weighted by molar-refractivity contribution is -0.394. The Labute approximate surface area is 118 Å². The van der Waals surface area contributed by atoms with Gasteiger partial charge in [0.25, 0.3) is 11.4 Å². The monoisotopic (exact) mass is 290 g/mol. The van der Waals surface area contributed by atoms with Gasteiger partial charge in [0.05, 0.1) is 21.5 Å². The molecule has 21 heavy (non-hydrogen) atoms. The fourth-order valence-corrected chi connectivity index (χ4v) is 1.31. The zero-order chi connectivity index (χ0) is 15.8. The number of phenolic OH excluding ortho intramolecular Hbond substituents is 1. The summed E-state index contributed by atoms with van der Waals surface area (Å²) in [5, 5.41) is 29.2. The highest BCUT2D eigenvalue weighted by atomic mass is 16.6. The van der Waals surface area contributed by atoms with E-state index < -0.39 is 9.85 Å².